The minimum atomic E-state index is 0. The Morgan fingerprint density at radius 3 is 1.22 bits per heavy atom. The summed E-state index contributed by atoms with van der Waals surface area (Å²) in [4.78, 5) is 0. The Kier molecular flexibility index (Phi) is 42.0. The fourth-order valence-electron chi connectivity index (χ4n) is 0.321. The van der Waals surface area contributed by atoms with Gasteiger partial charge in [-0.3, -0.25) is 0 Å². The van der Waals surface area contributed by atoms with Crippen LogP contribution in [0.5, 0.6) is 0 Å². The molecule has 0 radical (unpaired) electrons. The van der Waals surface area contributed by atoms with Gasteiger partial charge in [-0.1, -0.05) is 0 Å². The van der Waals surface area contributed by atoms with Gasteiger partial charge in [-0.15, -0.1) is 0 Å². The van der Waals surface area contributed by atoms with Crippen LogP contribution in [0.3, 0.4) is 0 Å². The summed E-state index contributed by atoms with van der Waals surface area (Å²) in [6, 6.07) is 10.0. The number of rotatable bonds is 0. The Labute approximate surface area is 126 Å². The zero-order valence-electron chi connectivity index (χ0n) is 4.52. The van der Waals surface area contributed by atoms with Crippen LogP contribution in [0, 0.1) is 0 Å². The molecule has 9 heavy (non-hydrogen) atoms. The second kappa shape index (κ2) is 16.8. The van der Waals surface area contributed by atoms with Crippen molar-refractivity contribution in [3.63, 3.8) is 0 Å². The van der Waals surface area contributed by atoms with E-state index in [9.17, 15) is 0 Å². The zero-order chi connectivity index (χ0) is 3.54. The summed E-state index contributed by atoms with van der Waals surface area (Å²) >= 11 is 0. The predicted octanol–water partition coefficient (Wildman–Crippen LogP) is -7.59. The van der Waals surface area contributed by atoms with Crippen LogP contribution in [0.25, 0.3) is 0 Å². The first-order valence-corrected chi connectivity index (χ1v) is 1.67. The first kappa shape index (κ1) is 22.5. The van der Waals surface area contributed by atoms with E-state index in [0.29, 0.717) is 0 Å². The maximum atomic E-state index is 2.00. The molecule has 0 amide bonds. The number of hydrogen-bond acceptors (Lipinski definition) is 0. The average molecular weight is 537 g/mol. The molecule has 1 rings (SSSR count). The molecule has 0 aliphatic carbocycles. The van der Waals surface area contributed by atoms with Crippen molar-refractivity contribution in [1.82, 2.24) is 0 Å². The molecule has 4 heteroatoms. The van der Waals surface area contributed by atoms with Gasteiger partial charge in [0.2, 0.25) is 0 Å². The van der Waals surface area contributed by atoms with Gasteiger partial charge in [-0.25, -0.2) is 12.1 Å². The van der Waals surface area contributed by atoms with Gasteiger partial charge < -0.3 is 71.9 Å². The van der Waals surface area contributed by atoms with Gasteiger partial charge in [0.05, 0.1) is 0 Å². The molecule has 0 saturated heterocycles. The SMILES string of the molecule is [I-].[I-].[I-].[Zr+4].c1cc[cH-]c1. The summed E-state index contributed by atoms with van der Waals surface area (Å²) in [5, 5.41) is 0. The fraction of sp³-hybridized carbons (Fsp3) is 0. The van der Waals surface area contributed by atoms with Crippen molar-refractivity contribution in [2.75, 3.05) is 0 Å². The van der Waals surface area contributed by atoms with Crippen molar-refractivity contribution < 1.29 is 98.1 Å². The van der Waals surface area contributed by atoms with E-state index in [0.717, 1.165) is 0 Å². The maximum absolute atomic E-state index is 2.00. The molecule has 1 aromatic carbocycles. The summed E-state index contributed by atoms with van der Waals surface area (Å²) in [7, 11) is 0. The molecule has 0 bridgehead atoms. The second-order valence-electron chi connectivity index (χ2n) is 0.962. The van der Waals surface area contributed by atoms with Gasteiger partial charge in [0, 0.05) is 0 Å². The molecule has 0 heterocycles. The van der Waals surface area contributed by atoms with E-state index in [1.54, 1.807) is 0 Å². The van der Waals surface area contributed by atoms with Crippen molar-refractivity contribution in [3.8, 4) is 0 Å². The smallest absolute Gasteiger partial charge is 1.00 e. The van der Waals surface area contributed by atoms with Gasteiger partial charge in [0.1, 0.15) is 0 Å². The van der Waals surface area contributed by atoms with Crippen LogP contribution in [-0.2, 0) is 26.2 Å². The van der Waals surface area contributed by atoms with Crippen LogP contribution in [0.4, 0.5) is 0 Å². The third kappa shape index (κ3) is 13.4. The largest absolute Gasteiger partial charge is 4.00 e. The monoisotopic (exact) mass is 536 g/mol. The maximum Gasteiger partial charge on any atom is 4.00 e. The number of halogens is 3. The van der Waals surface area contributed by atoms with Gasteiger partial charge in [0.25, 0.3) is 0 Å². The van der Waals surface area contributed by atoms with Crippen molar-refractivity contribution in [3.05, 3.63) is 30.3 Å². The van der Waals surface area contributed by atoms with Crippen molar-refractivity contribution in [2.24, 2.45) is 0 Å². The summed E-state index contributed by atoms with van der Waals surface area (Å²) in [5.41, 5.74) is 0. The van der Waals surface area contributed by atoms with E-state index in [1.165, 1.54) is 0 Å². The zero-order valence-corrected chi connectivity index (χ0v) is 13.5. The molecule has 0 aliphatic rings. The fourth-order valence-corrected chi connectivity index (χ4v) is 0.321. The Bertz CT molecular complexity index is 68.7. The molecular weight excluding hydrogens is 532 g/mol. The minimum Gasteiger partial charge on any atom is -1.00 e. The summed E-state index contributed by atoms with van der Waals surface area (Å²) in [6.45, 7) is 0. The minimum absolute atomic E-state index is 0. The molecule has 0 spiro atoms. The molecule has 0 fully saturated rings. The van der Waals surface area contributed by atoms with Crippen LogP contribution < -0.4 is 71.9 Å². The van der Waals surface area contributed by atoms with Gasteiger partial charge in [-0.2, -0.15) is 18.2 Å². The van der Waals surface area contributed by atoms with Crippen molar-refractivity contribution >= 4 is 0 Å². The normalized spacial score (nSPS) is 4.44. The first-order chi connectivity index (χ1) is 2.50. The molecule has 0 saturated carbocycles. The molecule has 1 aromatic rings. The Balaban J connectivity index is -0.0000000312. The van der Waals surface area contributed by atoms with Crippen LogP contribution in [0.2, 0.25) is 0 Å². The molecule has 0 N–H and O–H groups in total. The standard InChI is InChI=1S/C5H5.3HI.Zr/c1-2-4-5-3-1;;;;/h1-5H;3*1H;/q-1;;;;+4/p-3. The Morgan fingerprint density at radius 1 is 0.778 bits per heavy atom. The predicted molar refractivity (Wildman–Crippen MR) is 22.0 cm³/mol. The Hall–Kier alpha value is 2.42. The second-order valence-corrected chi connectivity index (χ2v) is 0.962. The molecule has 0 aliphatic heterocycles. The summed E-state index contributed by atoms with van der Waals surface area (Å²) in [6.07, 6.45) is 0. The quantitative estimate of drug-likeness (QED) is 0.228. The van der Waals surface area contributed by atoms with Crippen molar-refractivity contribution in [1.29, 1.82) is 0 Å². The molecule has 0 unspecified atom stereocenters. The van der Waals surface area contributed by atoms with Crippen LogP contribution in [0.1, 0.15) is 0 Å². The molecule has 0 aromatic heterocycles. The molecule has 0 atom stereocenters. The molecule has 50 valence electrons. The van der Waals surface area contributed by atoms with Gasteiger partial charge in [0.15, 0.2) is 0 Å². The third-order valence-corrected chi connectivity index (χ3v) is 0.556. The molecule has 0 nitrogen and oxygen atoms in total. The summed E-state index contributed by atoms with van der Waals surface area (Å²) in [5.74, 6) is 0. The van der Waals surface area contributed by atoms with Gasteiger partial charge in [-0.05, 0) is 0 Å². The molecular formula is C5H5I3Zr. The third-order valence-electron chi connectivity index (χ3n) is 0.556. The van der Waals surface area contributed by atoms with Crippen LogP contribution in [-0.4, -0.2) is 0 Å². The number of hydrogen-bond donors (Lipinski definition) is 0. The van der Waals surface area contributed by atoms with E-state index < -0.39 is 0 Å². The van der Waals surface area contributed by atoms with Crippen LogP contribution in [0.15, 0.2) is 30.3 Å². The first-order valence-electron chi connectivity index (χ1n) is 1.67. The summed E-state index contributed by atoms with van der Waals surface area (Å²) < 4.78 is 0. The average Bonchev–Trinajstić information content (AvgIpc) is 1.76. The van der Waals surface area contributed by atoms with Gasteiger partial charge >= 0.3 is 26.2 Å². The van der Waals surface area contributed by atoms with Crippen LogP contribution >= 0.6 is 0 Å². The van der Waals surface area contributed by atoms with Crippen molar-refractivity contribution in [2.45, 2.75) is 0 Å². The topological polar surface area (TPSA) is 0 Å². The Morgan fingerprint density at radius 2 is 1.11 bits per heavy atom. The van der Waals surface area contributed by atoms with E-state index >= 15 is 0 Å². The van der Waals surface area contributed by atoms with E-state index in [2.05, 4.69) is 0 Å². The van der Waals surface area contributed by atoms with E-state index in [1.807, 2.05) is 30.3 Å². The van der Waals surface area contributed by atoms with E-state index in [4.69, 9.17) is 0 Å². The van der Waals surface area contributed by atoms with E-state index in [-0.39, 0.29) is 98.1 Å².